The molecule has 0 spiro atoms. The summed E-state index contributed by atoms with van der Waals surface area (Å²) in [6, 6.07) is 3.02. The Morgan fingerprint density at radius 2 is 2.10 bits per heavy atom. The number of nitrogens with zero attached hydrogens (tertiary/aromatic N) is 1. The second kappa shape index (κ2) is 6.19. The van der Waals surface area contributed by atoms with Crippen LogP contribution in [0.5, 0.6) is 0 Å². The summed E-state index contributed by atoms with van der Waals surface area (Å²) in [6.07, 6.45) is 1.06. The first-order valence-electron chi connectivity index (χ1n) is 5.52. The summed E-state index contributed by atoms with van der Waals surface area (Å²) >= 11 is 5.64. The van der Waals surface area contributed by atoms with Gasteiger partial charge < -0.3 is 5.32 Å². The SMILES string of the molecule is CC(CS(C)(=O)=O)NC(=O)c1ccc(Cl)c([N+](=O)[O-])c1. The Kier molecular flexibility index (Phi) is 5.07. The minimum atomic E-state index is -3.22. The number of rotatable bonds is 5. The van der Waals surface area contributed by atoms with Crippen molar-refractivity contribution in [1.82, 2.24) is 5.32 Å². The topological polar surface area (TPSA) is 106 Å². The molecule has 0 saturated heterocycles. The van der Waals surface area contributed by atoms with Crippen LogP contribution in [-0.2, 0) is 9.84 Å². The lowest BCUT2D eigenvalue weighted by atomic mass is 10.2. The van der Waals surface area contributed by atoms with Crippen molar-refractivity contribution in [2.45, 2.75) is 13.0 Å². The molecule has 0 radical (unpaired) electrons. The summed E-state index contributed by atoms with van der Waals surface area (Å²) in [5.74, 6) is -0.810. The van der Waals surface area contributed by atoms with E-state index in [0.29, 0.717) is 0 Å². The van der Waals surface area contributed by atoms with Crippen molar-refractivity contribution in [3.8, 4) is 0 Å². The Hall–Kier alpha value is -1.67. The van der Waals surface area contributed by atoms with Crippen LogP contribution in [0.15, 0.2) is 18.2 Å². The molecular formula is C11H13ClN2O5S. The van der Waals surface area contributed by atoms with Gasteiger partial charge in [0.1, 0.15) is 14.9 Å². The molecule has 1 aromatic carbocycles. The number of amides is 1. The van der Waals surface area contributed by atoms with Gasteiger partial charge in [-0.15, -0.1) is 0 Å². The summed E-state index contributed by atoms with van der Waals surface area (Å²) in [5.41, 5.74) is -0.337. The predicted molar refractivity (Wildman–Crippen MR) is 74.7 cm³/mol. The molecule has 7 nitrogen and oxygen atoms in total. The second-order valence-corrected chi connectivity index (χ2v) is 6.98. The number of benzene rings is 1. The molecule has 1 aromatic rings. The van der Waals surface area contributed by atoms with Crippen LogP contribution in [-0.4, -0.2) is 37.3 Å². The number of nitrogens with one attached hydrogen (secondary N) is 1. The van der Waals surface area contributed by atoms with Gasteiger partial charge in [0, 0.05) is 23.9 Å². The molecular weight excluding hydrogens is 308 g/mol. The molecule has 0 aliphatic rings. The van der Waals surface area contributed by atoms with Gasteiger partial charge in [0.25, 0.3) is 11.6 Å². The second-order valence-electron chi connectivity index (χ2n) is 4.39. The fraction of sp³-hybridized carbons (Fsp3) is 0.364. The average molecular weight is 321 g/mol. The smallest absolute Gasteiger partial charge is 0.288 e. The summed E-state index contributed by atoms with van der Waals surface area (Å²) in [4.78, 5) is 21.9. The number of hydrogen-bond acceptors (Lipinski definition) is 5. The van der Waals surface area contributed by atoms with Gasteiger partial charge in [-0.25, -0.2) is 8.42 Å². The Bertz CT molecular complexity index is 644. The molecule has 1 unspecified atom stereocenters. The number of carbonyl (C=O) groups excluding carboxylic acids is 1. The monoisotopic (exact) mass is 320 g/mol. The lowest BCUT2D eigenvalue weighted by molar-refractivity contribution is -0.384. The first-order valence-corrected chi connectivity index (χ1v) is 7.96. The Labute approximate surface area is 121 Å². The minimum Gasteiger partial charge on any atom is -0.349 e. The van der Waals surface area contributed by atoms with Crippen LogP contribution in [0.4, 0.5) is 5.69 Å². The molecule has 0 bridgehead atoms. The van der Waals surface area contributed by atoms with Crippen molar-refractivity contribution < 1.29 is 18.1 Å². The van der Waals surface area contributed by atoms with Gasteiger partial charge in [-0.1, -0.05) is 11.6 Å². The summed E-state index contributed by atoms with van der Waals surface area (Å²) in [5, 5.41) is 13.1. The first kappa shape index (κ1) is 16.4. The fourth-order valence-corrected chi connectivity index (χ4v) is 2.77. The van der Waals surface area contributed by atoms with E-state index in [9.17, 15) is 23.3 Å². The van der Waals surface area contributed by atoms with Crippen LogP contribution >= 0.6 is 11.6 Å². The summed E-state index contributed by atoms with van der Waals surface area (Å²) in [7, 11) is -3.22. The standard InChI is InChI=1S/C11H13ClN2O5S/c1-7(6-20(2,18)19)13-11(15)8-3-4-9(12)10(5-8)14(16)17/h3-5,7H,6H2,1-2H3,(H,13,15). The molecule has 9 heteroatoms. The molecule has 110 valence electrons. The van der Waals surface area contributed by atoms with Crippen LogP contribution in [0.25, 0.3) is 0 Å². The van der Waals surface area contributed by atoms with Gasteiger partial charge in [0.2, 0.25) is 0 Å². The van der Waals surface area contributed by atoms with Crippen LogP contribution in [0.3, 0.4) is 0 Å². The van der Waals surface area contributed by atoms with E-state index in [0.717, 1.165) is 12.3 Å². The van der Waals surface area contributed by atoms with E-state index >= 15 is 0 Å². The van der Waals surface area contributed by atoms with Gasteiger partial charge in [0.15, 0.2) is 0 Å². The largest absolute Gasteiger partial charge is 0.349 e. The zero-order valence-corrected chi connectivity index (χ0v) is 12.4. The number of hydrogen-bond donors (Lipinski definition) is 1. The van der Waals surface area contributed by atoms with Crippen molar-refractivity contribution >= 4 is 33.0 Å². The van der Waals surface area contributed by atoms with Crippen molar-refractivity contribution in [2.75, 3.05) is 12.0 Å². The van der Waals surface area contributed by atoms with Crippen molar-refractivity contribution in [1.29, 1.82) is 0 Å². The maximum absolute atomic E-state index is 11.9. The predicted octanol–water partition coefficient (Wildman–Crippen LogP) is 1.41. The highest BCUT2D eigenvalue weighted by atomic mass is 35.5. The number of nitro groups is 1. The Morgan fingerprint density at radius 1 is 1.50 bits per heavy atom. The van der Waals surface area contributed by atoms with Gasteiger partial charge in [-0.2, -0.15) is 0 Å². The minimum absolute atomic E-state index is 0.0430. The summed E-state index contributed by atoms with van der Waals surface area (Å²) in [6.45, 7) is 1.53. The van der Waals surface area contributed by atoms with Crippen LogP contribution in [0.1, 0.15) is 17.3 Å². The van der Waals surface area contributed by atoms with E-state index in [1.807, 2.05) is 0 Å². The summed E-state index contributed by atoms with van der Waals surface area (Å²) < 4.78 is 22.2. The molecule has 1 N–H and O–H groups in total. The third kappa shape index (κ3) is 4.78. The number of nitro benzene ring substituents is 1. The number of carbonyl (C=O) groups is 1. The number of sulfone groups is 1. The molecule has 0 aromatic heterocycles. The molecule has 20 heavy (non-hydrogen) atoms. The zero-order valence-electron chi connectivity index (χ0n) is 10.8. The average Bonchev–Trinajstić information content (AvgIpc) is 2.26. The van der Waals surface area contributed by atoms with Crippen LogP contribution in [0.2, 0.25) is 5.02 Å². The zero-order chi connectivity index (χ0) is 15.5. The highest BCUT2D eigenvalue weighted by molar-refractivity contribution is 7.90. The highest BCUT2D eigenvalue weighted by Gasteiger charge is 2.18. The molecule has 1 amide bonds. The van der Waals surface area contributed by atoms with Crippen LogP contribution < -0.4 is 5.32 Å². The van der Waals surface area contributed by atoms with Gasteiger partial charge >= 0.3 is 0 Å². The number of halogens is 1. The molecule has 0 heterocycles. The van der Waals surface area contributed by atoms with Crippen molar-refractivity contribution in [3.05, 3.63) is 38.9 Å². The van der Waals surface area contributed by atoms with E-state index in [1.165, 1.54) is 19.1 Å². The van der Waals surface area contributed by atoms with E-state index in [1.54, 1.807) is 0 Å². The molecule has 0 aliphatic heterocycles. The Morgan fingerprint density at radius 3 is 2.60 bits per heavy atom. The van der Waals surface area contributed by atoms with Crippen molar-refractivity contribution in [2.24, 2.45) is 0 Å². The van der Waals surface area contributed by atoms with E-state index in [2.05, 4.69) is 5.32 Å². The Balaban J connectivity index is 2.88. The lowest BCUT2D eigenvalue weighted by Gasteiger charge is -2.12. The van der Waals surface area contributed by atoms with E-state index < -0.39 is 26.7 Å². The molecule has 0 saturated carbocycles. The third-order valence-corrected chi connectivity index (χ3v) is 3.76. The first-order chi connectivity index (χ1) is 9.10. The molecule has 0 fully saturated rings. The third-order valence-electron chi connectivity index (χ3n) is 2.34. The van der Waals surface area contributed by atoms with E-state index in [-0.39, 0.29) is 22.0 Å². The van der Waals surface area contributed by atoms with Gasteiger partial charge in [-0.05, 0) is 19.1 Å². The lowest BCUT2D eigenvalue weighted by Crippen LogP contribution is -2.37. The maximum Gasteiger partial charge on any atom is 0.288 e. The van der Waals surface area contributed by atoms with Gasteiger partial charge in [0.05, 0.1) is 10.7 Å². The van der Waals surface area contributed by atoms with Crippen LogP contribution in [0, 0.1) is 10.1 Å². The van der Waals surface area contributed by atoms with Gasteiger partial charge in [-0.3, -0.25) is 14.9 Å². The maximum atomic E-state index is 11.9. The molecule has 1 atom stereocenters. The molecule has 1 rings (SSSR count). The quantitative estimate of drug-likeness (QED) is 0.652. The normalized spacial score (nSPS) is 12.8. The highest BCUT2D eigenvalue weighted by Crippen LogP contribution is 2.25. The molecule has 0 aliphatic carbocycles. The van der Waals surface area contributed by atoms with E-state index in [4.69, 9.17) is 11.6 Å². The fourth-order valence-electron chi connectivity index (χ4n) is 1.60. The van der Waals surface area contributed by atoms with Crippen molar-refractivity contribution in [3.63, 3.8) is 0 Å².